The summed E-state index contributed by atoms with van der Waals surface area (Å²) in [5.41, 5.74) is 1.52. The lowest BCUT2D eigenvalue weighted by Crippen LogP contribution is -2.58. The topological polar surface area (TPSA) is 103 Å². The summed E-state index contributed by atoms with van der Waals surface area (Å²) in [6.45, 7) is 4.39. The van der Waals surface area contributed by atoms with Crippen LogP contribution >= 0.6 is 0 Å². The molecule has 8 nitrogen and oxygen atoms in total. The molecule has 0 radical (unpaired) electrons. The summed E-state index contributed by atoms with van der Waals surface area (Å²) in [5.74, 6) is -0.210. The fourth-order valence-electron chi connectivity index (χ4n) is 5.14. The van der Waals surface area contributed by atoms with E-state index in [1.807, 2.05) is 49.4 Å². The number of amides is 3. The first kappa shape index (κ1) is 24.9. The van der Waals surface area contributed by atoms with E-state index in [9.17, 15) is 14.4 Å². The molecule has 1 saturated carbocycles. The zero-order chi connectivity index (χ0) is 24.8. The third-order valence-corrected chi connectivity index (χ3v) is 6.99. The molecule has 4 rings (SSSR count). The Labute approximate surface area is 206 Å². The van der Waals surface area contributed by atoms with E-state index in [4.69, 9.17) is 0 Å². The molecular weight excluding hydrogens is 442 g/mol. The molecule has 0 bridgehead atoms. The lowest BCUT2D eigenvalue weighted by Gasteiger charge is -2.35. The number of hydrogen-bond donors (Lipinski definition) is 3. The number of anilines is 2. The molecule has 35 heavy (non-hydrogen) atoms. The summed E-state index contributed by atoms with van der Waals surface area (Å²) in [6.07, 6.45) is 6.95. The Bertz CT molecular complexity index is 1040. The van der Waals surface area contributed by atoms with E-state index in [-0.39, 0.29) is 23.6 Å². The number of rotatable bonds is 8. The number of carbonyl (C=O) groups is 3. The number of para-hydroxylation sites is 1. The van der Waals surface area contributed by atoms with Crippen LogP contribution in [0.1, 0.15) is 51.5 Å². The van der Waals surface area contributed by atoms with Gasteiger partial charge in [0.15, 0.2) is 0 Å². The number of pyridine rings is 1. The smallest absolute Gasteiger partial charge is 0.251 e. The van der Waals surface area contributed by atoms with Crippen molar-refractivity contribution >= 4 is 29.2 Å². The van der Waals surface area contributed by atoms with Gasteiger partial charge in [-0.3, -0.25) is 19.3 Å². The molecule has 1 unspecified atom stereocenters. The predicted molar refractivity (Wildman–Crippen MR) is 136 cm³/mol. The third-order valence-electron chi connectivity index (χ3n) is 6.99. The van der Waals surface area contributed by atoms with Gasteiger partial charge in [-0.15, -0.1) is 0 Å². The minimum absolute atomic E-state index is 0.0274. The molecule has 3 amide bonds. The number of aromatic nitrogens is 1. The van der Waals surface area contributed by atoms with Gasteiger partial charge in [-0.2, -0.15) is 0 Å². The second-order valence-corrected chi connectivity index (χ2v) is 9.43. The maximum atomic E-state index is 14.2. The van der Waals surface area contributed by atoms with Crippen LogP contribution in [0.25, 0.3) is 0 Å². The average Bonchev–Trinajstić information content (AvgIpc) is 3.28. The molecule has 0 saturated heterocycles. The van der Waals surface area contributed by atoms with Crippen LogP contribution in [0, 0.1) is 5.92 Å². The van der Waals surface area contributed by atoms with Gasteiger partial charge in [0.2, 0.25) is 11.8 Å². The highest BCUT2D eigenvalue weighted by Crippen LogP contribution is 2.34. The lowest BCUT2D eigenvalue weighted by molar-refractivity contribution is -0.131. The van der Waals surface area contributed by atoms with Gasteiger partial charge in [-0.1, -0.05) is 50.5 Å². The number of likely N-dealkylation sites (N-methyl/N-ethyl adjacent to an activating group) is 1. The summed E-state index contributed by atoms with van der Waals surface area (Å²) < 4.78 is 0. The molecule has 2 aromatic rings. The SMILES string of the molecule is CCN[C@@H](C)C(=O)NC(C(=O)N1c2ncccc2C[C@H]1C(=O)Nc1ccccc1)C1CCCCC1. The fraction of sp³-hybridized carbons (Fsp3) is 0.481. The molecule has 186 valence electrons. The zero-order valence-corrected chi connectivity index (χ0v) is 20.5. The molecular formula is C27H35N5O3. The summed E-state index contributed by atoms with van der Waals surface area (Å²) in [5, 5.41) is 9.09. The van der Waals surface area contributed by atoms with Crippen LogP contribution in [0.15, 0.2) is 48.7 Å². The highest BCUT2D eigenvalue weighted by atomic mass is 16.2. The summed E-state index contributed by atoms with van der Waals surface area (Å²) in [4.78, 5) is 46.5. The predicted octanol–water partition coefficient (Wildman–Crippen LogP) is 3.04. The Morgan fingerprint density at radius 3 is 2.51 bits per heavy atom. The summed E-state index contributed by atoms with van der Waals surface area (Å²) in [7, 11) is 0. The van der Waals surface area contributed by atoms with Crippen LogP contribution in [0.4, 0.5) is 11.5 Å². The van der Waals surface area contributed by atoms with Gasteiger partial charge >= 0.3 is 0 Å². The normalized spacial score (nSPS) is 19.5. The molecule has 2 heterocycles. The second-order valence-electron chi connectivity index (χ2n) is 9.43. The average molecular weight is 478 g/mol. The third kappa shape index (κ3) is 5.70. The second kappa shape index (κ2) is 11.4. The first-order valence-electron chi connectivity index (χ1n) is 12.7. The van der Waals surface area contributed by atoms with E-state index in [1.54, 1.807) is 13.1 Å². The Kier molecular flexibility index (Phi) is 8.13. The molecule has 1 fully saturated rings. The molecule has 1 aromatic heterocycles. The van der Waals surface area contributed by atoms with Crippen molar-refractivity contribution < 1.29 is 14.4 Å². The van der Waals surface area contributed by atoms with E-state index in [0.29, 0.717) is 24.5 Å². The van der Waals surface area contributed by atoms with Gasteiger partial charge in [0.1, 0.15) is 17.9 Å². The van der Waals surface area contributed by atoms with Crippen LogP contribution in [0.2, 0.25) is 0 Å². The van der Waals surface area contributed by atoms with E-state index >= 15 is 0 Å². The van der Waals surface area contributed by atoms with E-state index in [1.165, 1.54) is 4.90 Å². The van der Waals surface area contributed by atoms with E-state index < -0.39 is 18.1 Å². The molecule has 0 spiro atoms. The van der Waals surface area contributed by atoms with Crippen molar-refractivity contribution in [1.82, 2.24) is 15.6 Å². The first-order chi connectivity index (χ1) is 17.0. The fourth-order valence-corrected chi connectivity index (χ4v) is 5.14. The zero-order valence-electron chi connectivity index (χ0n) is 20.5. The van der Waals surface area contributed by atoms with Crippen molar-refractivity contribution in [2.45, 2.75) is 70.5 Å². The van der Waals surface area contributed by atoms with Gasteiger partial charge in [-0.25, -0.2) is 4.98 Å². The molecule has 1 aliphatic carbocycles. The number of benzene rings is 1. The molecule has 3 N–H and O–H groups in total. The van der Waals surface area contributed by atoms with Gasteiger partial charge in [-0.05, 0) is 56.0 Å². The van der Waals surface area contributed by atoms with Gasteiger partial charge < -0.3 is 16.0 Å². The standard InChI is InChI=1S/C27H35N5O3/c1-3-28-18(2)25(33)31-23(19-11-6-4-7-12-19)27(35)32-22(17-20-13-10-16-29-24(20)32)26(34)30-21-14-8-5-9-15-21/h5,8-10,13-16,18-19,22-23,28H,3-4,6-7,11-12,17H2,1-2H3,(H,30,34)(H,31,33)/t18-,22-,23?/m0/s1. The minimum Gasteiger partial charge on any atom is -0.343 e. The molecule has 2 aliphatic rings. The first-order valence-corrected chi connectivity index (χ1v) is 12.7. The number of carbonyl (C=O) groups excluding carboxylic acids is 3. The molecule has 8 heteroatoms. The van der Waals surface area contributed by atoms with Gasteiger partial charge in [0, 0.05) is 18.3 Å². The van der Waals surface area contributed by atoms with E-state index in [2.05, 4.69) is 20.9 Å². The van der Waals surface area contributed by atoms with Crippen molar-refractivity contribution in [1.29, 1.82) is 0 Å². The molecule has 3 atom stereocenters. The Morgan fingerprint density at radius 2 is 1.80 bits per heavy atom. The van der Waals surface area contributed by atoms with Crippen molar-refractivity contribution in [3.63, 3.8) is 0 Å². The van der Waals surface area contributed by atoms with Crippen molar-refractivity contribution in [2.24, 2.45) is 5.92 Å². The van der Waals surface area contributed by atoms with Gasteiger partial charge in [0.05, 0.1) is 6.04 Å². The van der Waals surface area contributed by atoms with E-state index in [0.717, 1.165) is 37.7 Å². The molecule has 1 aromatic carbocycles. The quantitative estimate of drug-likeness (QED) is 0.542. The number of fused-ring (bicyclic) bond motifs is 1. The summed E-state index contributed by atoms with van der Waals surface area (Å²) >= 11 is 0. The number of nitrogens with one attached hydrogen (secondary N) is 3. The Balaban J connectivity index is 1.63. The highest BCUT2D eigenvalue weighted by molar-refractivity contribution is 6.09. The minimum atomic E-state index is -0.734. The van der Waals surface area contributed by atoms with Gasteiger partial charge in [0.25, 0.3) is 5.91 Å². The van der Waals surface area contributed by atoms with Crippen LogP contribution in [0.5, 0.6) is 0 Å². The maximum absolute atomic E-state index is 14.2. The van der Waals surface area contributed by atoms with Crippen molar-refractivity contribution in [3.05, 3.63) is 54.2 Å². The lowest BCUT2D eigenvalue weighted by atomic mass is 9.83. The highest BCUT2D eigenvalue weighted by Gasteiger charge is 2.44. The Hall–Kier alpha value is -3.26. The molecule has 1 aliphatic heterocycles. The van der Waals surface area contributed by atoms with Crippen LogP contribution < -0.4 is 20.9 Å². The monoisotopic (exact) mass is 477 g/mol. The maximum Gasteiger partial charge on any atom is 0.251 e. The number of nitrogens with zero attached hydrogens (tertiary/aromatic N) is 2. The van der Waals surface area contributed by atoms with Crippen LogP contribution in [0.3, 0.4) is 0 Å². The van der Waals surface area contributed by atoms with Crippen LogP contribution in [-0.2, 0) is 20.8 Å². The number of hydrogen-bond acceptors (Lipinski definition) is 5. The van der Waals surface area contributed by atoms with Crippen LogP contribution in [-0.4, -0.2) is 47.4 Å². The Morgan fingerprint density at radius 1 is 1.06 bits per heavy atom. The summed E-state index contributed by atoms with van der Waals surface area (Å²) in [6, 6.07) is 11.1. The largest absolute Gasteiger partial charge is 0.343 e. The van der Waals surface area contributed by atoms with Crippen molar-refractivity contribution in [3.8, 4) is 0 Å². The van der Waals surface area contributed by atoms with Crippen molar-refractivity contribution in [2.75, 3.05) is 16.8 Å².